The molecular weight excluding hydrogens is 322 g/mol. The summed E-state index contributed by atoms with van der Waals surface area (Å²) in [6, 6.07) is 4.84. The molecular formula is C16H20ClNO3S. The standard InChI is InChI=1S/C16H20ClNO3S/c1-10-7-8-13(9-12(10)3)16(19)18-22(20,21)15-11(2)5-4-6-14(15)17/h4-6,13H,7-9H2,1-3H3,(H,18,19). The van der Waals surface area contributed by atoms with Gasteiger partial charge < -0.3 is 0 Å². The van der Waals surface area contributed by atoms with Crippen LogP contribution in [0.25, 0.3) is 0 Å². The van der Waals surface area contributed by atoms with Crippen LogP contribution in [0.2, 0.25) is 5.02 Å². The van der Waals surface area contributed by atoms with Gasteiger partial charge in [0.05, 0.1) is 5.02 Å². The first-order valence-electron chi connectivity index (χ1n) is 7.19. The smallest absolute Gasteiger partial charge is 0.265 e. The molecule has 120 valence electrons. The first-order valence-corrected chi connectivity index (χ1v) is 9.05. The number of amides is 1. The molecule has 2 rings (SSSR count). The summed E-state index contributed by atoms with van der Waals surface area (Å²) in [5.41, 5.74) is 2.97. The highest BCUT2D eigenvalue weighted by atomic mass is 35.5. The molecule has 4 nitrogen and oxygen atoms in total. The number of sulfonamides is 1. The Morgan fingerprint density at radius 1 is 1.23 bits per heavy atom. The average molecular weight is 342 g/mol. The number of allylic oxidation sites excluding steroid dienone is 2. The van der Waals surface area contributed by atoms with Gasteiger partial charge in [0.25, 0.3) is 10.0 Å². The van der Waals surface area contributed by atoms with Crippen LogP contribution in [0.5, 0.6) is 0 Å². The van der Waals surface area contributed by atoms with Crippen molar-refractivity contribution in [1.82, 2.24) is 4.72 Å². The highest BCUT2D eigenvalue weighted by molar-refractivity contribution is 7.90. The molecule has 1 aliphatic carbocycles. The molecule has 0 heterocycles. The second-order valence-corrected chi connectivity index (χ2v) is 7.88. The second-order valence-electron chi connectivity index (χ2n) is 5.86. The van der Waals surface area contributed by atoms with E-state index in [2.05, 4.69) is 4.72 Å². The Hall–Kier alpha value is -1.33. The van der Waals surface area contributed by atoms with Gasteiger partial charge in [0, 0.05) is 5.92 Å². The zero-order chi connectivity index (χ0) is 16.5. The van der Waals surface area contributed by atoms with Crippen LogP contribution in [0.3, 0.4) is 0 Å². The van der Waals surface area contributed by atoms with Crippen LogP contribution in [0.1, 0.15) is 38.7 Å². The van der Waals surface area contributed by atoms with E-state index in [9.17, 15) is 13.2 Å². The van der Waals surface area contributed by atoms with Crippen LogP contribution in [0.15, 0.2) is 34.2 Å². The van der Waals surface area contributed by atoms with Crippen molar-refractivity contribution >= 4 is 27.5 Å². The first kappa shape index (κ1) is 17.0. The van der Waals surface area contributed by atoms with E-state index in [0.717, 1.165) is 12.0 Å². The van der Waals surface area contributed by atoms with Crippen molar-refractivity contribution in [2.45, 2.75) is 44.9 Å². The summed E-state index contributed by atoms with van der Waals surface area (Å²) in [6.07, 6.45) is 2.11. The topological polar surface area (TPSA) is 63.2 Å². The van der Waals surface area contributed by atoms with Crippen molar-refractivity contribution in [3.8, 4) is 0 Å². The van der Waals surface area contributed by atoms with Gasteiger partial charge in [-0.15, -0.1) is 0 Å². The van der Waals surface area contributed by atoms with Gasteiger partial charge >= 0.3 is 0 Å². The number of hydrogen-bond donors (Lipinski definition) is 1. The fourth-order valence-electron chi connectivity index (χ4n) is 2.70. The molecule has 22 heavy (non-hydrogen) atoms. The number of aryl methyl sites for hydroxylation is 1. The van der Waals surface area contributed by atoms with E-state index in [1.807, 2.05) is 13.8 Å². The van der Waals surface area contributed by atoms with Gasteiger partial charge in [-0.05, 0) is 51.7 Å². The Kier molecular flexibility index (Phi) is 4.97. The van der Waals surface area contributed by atoms with E-state index in [-0.39, 0.29) is 15.8 Å². The predicted molar refractivity (Wildman–Crippen MR) is 87.2 cm³/mol. The van der Waals surface area contributed by atoms with Crippen LogP contribution in [0.4, 0.5) is 0 Å². The van der Waals surface area contributed by atoms with Crippen LogP contribution in [0, 0.1) is 12.8 Å². The van der Waals surface area contributed by atoms with E-state index >= 15 is 0 Å². The van der Waals surface area contributed by atoms with Gasteiger partial charge in [-0.25, -0.2) is 13.1 Å². The van der Waals surface area contributed by atoms with E-state index in [1.165, 1.54) is 11.6 Å². The number of benzene rings is 1. The molecule has 1 N–H and O–H groups in total. The summed E-state index contributed by atoms with van der Waals surface area (Å²) in [4.78, 5) is 12.3. The lowest BCUT2D eigenvalue weighted by molar-refractivity contribution is -0.123. The third-order valence-electron chi connectivity index (χ3n) is 4.19. The summed E-state index contributed by atoms with van der Waals surface area (Å²) in [7, 11) is -3.95. The van der Waals surface area contributed by atoms with Gasteiger partial charge in [-0.1, -0.05) is 34.9 Å². The molecule has 0 saturated heterocycles. The Bertz CT molecular complexity index is 718. The fraction of sp³-hybridized carbons (Fsp3) is 0.438. The van der Waals surface area contributed by atoms with Crippen LogP contribution < -0.4 is 4.72 Å². The molecule has 0 saturated carbocycles. The molecule has 0 radical (unpaired) electrons. The SMILES string of the molecule is CC1=C(C)CC(C(=O)NS(=O)(=O)c2c(C)cccc2Cl)CC1. The lowest BCUT2D eigenvalue weighted by atomic mass is 9.85. The molecule has 0 aromatic heterocycles. The van der Waals surface area contributed by atoms with E-state index < -0.39 is 15.9 Å². The summed E-state index contributed by atoms with van der Waals surface area (Å²) >= 11 is 5.99. The molecule has 0 fully saturated rings. The van der Waals surface area contributed by atoms with Crippen LogP contribution in [-0.4, -0.2) is 14.3 Å². The Morgan fingerprint density at radius 2 is 1.91 bits per heavy atom. The molecule has 1 amide bonds. The zero-order valence-corrected chi connectivity index (χ0v) is 14.5. The zero-order valence-electron chi connectivity index (χ0n) is 12.9. The van der Waals surface area contributed by atoms with Crippen LogP contribution in [-0.2, 0) is 14.8 Å². The third kappa shape index (κ3) is 3.52. The van der Waals surface area contributed by atoms with Crippen molar-refractivity contribution in [1.29, 1.82) is 0 Å². The largest absolute Gasteiger partial charge is 0.274 e. The molecule has 1 atom stereocenters. The number of hydrogen-bond acceptors (Lipinski definition) is 3. The molecule has 0 bridgehead atoms. The van der Waals surface area contributed by atoms with Gasteiger partial charge in [-0.2, -0.15) is 0 Å². The number of halogens is 1. The third-order valence-corrected chi connectivity index (χ3v) is 6.16. The Morgan fingerprint density at radius 3 is 2.50 bits per heavy atom. The minimum Gasteiger partial charge on any atom is -0.274 e. The summed E-state index contributed by atoms with van der Waals surface area (Å²) in [5.74, 6) is -0.757. The first-order chi connectivity index (χ1) is 10.2. The normalized spacial score (nSPS) is 19.2. The lowest BCUT2D eigenvalue weighted by Crippen LogP contribution is -2.37. The molecule has 1 aromatic carbocycles. The van der Waals surface area contributed by atoms with Crippen molar-refractivity contribution in [2.24, 2.45) is 5.92 Å². The van der Waals surface area contributed by atoms with Crippen LogP contribution >= 0.6 is 11.6 Å². The molecule has 1 unspecified atom stereocenters. The molecule has 1 aromatic rings. The van der Waals surface area contributed by atoms with Gasteiger partial charge in [0.15, 0.2) is 0 Å². The maximum atomic E-state index is 12.4. The van der Waals surface area contributed by atoms with Crippen molar-refractivity contribution in [2.75, 3.05) is 0 Å². The van der Waals surface area contributed by atoms with E-state index in [1.54, 1.807) is 19.1 Å². The monoisotopic (exact) mass is 341 g/mol. The van der Waals surface area contributed by atoms with Crippen molar-refractivity contribution in [3.63, 3.8) is 0 Å². The molecule has 0 aliphatic heterocycles. The van der Waals surface area contributed by atoms with E-state index in [0.29, 0.717) is 18.4 Å². The highest BCUT2D eigenvalue weighted by Crippen LogP contribution is 2.30. The number of carbonyl (C=O) groups excluding carboxylic acids is 1. The van der Waals surface area contributed by atoms with Crippen molar-refractivity contribution in [3.05, 3.63) is 39.9 Å². The summed E-state index contributed by atoms with van der Waals surface area (Å²) < 4.78 is 27.1. The van der Waals surface area contributed by atoms with E-state index in [4.69, 9.17) is 11.6 Å². The fourth-order valence-corrected chi connectivity index (χ4v) is 4.57. The minimum atomic E-state index is -3.95. The Labute approximate surface area is 136 Å². The summed E-state index contributed by atoms with van der Waals surface area (Å²) in [5, 5.41) is 0.121. The van der Waals surface area contributed by atoms with Gasteiger partial charge in [0.1, 0.15) is 4.90 Å². The van der Waals surface area contributed by atoms with Gasteiger partial charge in [0.2, 0.25) is 5.91 Å². The molecule has 0 spiro atoms. The molecule has 1 aliphatic rings. The molecule has 6 heteroatoms. The lowest BCUT2D eigenvalue weighted by Gasteiger charge is -2.23. The summed E-state index contributed by atoms with van der Waals surface area (Å²) in [6.45, 7) is 5.69. The highest BCUT2D eigenvalue weighted by Gasteiger charge is 2.29. The van der Waals surface area contributed by atoms with Gasteiger partial charge in [-0.3, -0.25) is 4.79 Å². The number of rotatable bonds is 3. The number of nitrogens with one attached hydrogen (secondary N) is 1. The quantitative estimate of drug-likeness (QED) is 0.854. The number of carbonyl (C=O) groups is 1. The maximum Gasteiger partial charge on any atom is 0.265 e. The average Bonchev–Trinajstić information content (AvgIpc) is 2.40. The Balaban J connectivity index is 2.21. The second kappa shape index (κ2) is 6.42. The maximum absolute atomic E-state index is 12.4. The predicted octanol–water partition coefficient (Wildman–Crippen LogP) is 3.59. The van der Waals surface area contributed by atoms with Crippen molar-refractivity contribution < 1.29 is 13.2 Å². The minimum absolute atomic E-state index is 0.0238.